The van der Waals surface area contributed by atoms with Gasteiger partial charge in [0.25, 0.3) is 15.6 Å². The number of amides is 2. The number of hydrogen-bond acceptors (Lipinski definition) is 22. The molecule has 24 nitrogen and oxygen atoms in total. The smallest absolute Gasteiger partial charge is 0.274 e. The number of nitrogens with two attached hydrogens (primary N) is 1. The Morgan fingerprint density at radius 3 is 2.40 bits per heavy atom. The number of unbranched alkanes of at least 4 members (excludes halogenated alkanes) is 5. The first kappa shape index (κ1) is 53.4. The van der Waals surface area contributed by atoms with Crippen molar-refractivity contribution >= 4 is 69.1 Å². The fourth-order valence-corrected chi connectivity index (χ4v) is 8.94. The summed E-state index contributed by atoms with van der Waals surface area (Å²) in [6, 6.07) is 0. The maximum absolute atomic E-state index is 12.6. The average Bonchev–Trinajstić information content (AvgIpc) is 3.75. The number of aliphatic hydroxyl groups excluding tert-OH is 2. The van der Waals surface area contributed by atoms with Gasteiger partial charge in [0, 0.05) is 30.7 Å². The Labute approximate surface area is 361 Å². The minimum atomic E-state index is -5.92. The molecule has 0 bridgehead atoms. The van der Waals surface area contributed by atoms with Gasteiger partial charge in [0.1, 0.15) is 36.3 Å². The van der Waals surface area contributed by atoms with Gasteiger partial charge in [0.05, 0.1) is 27.4 Å². The van der Waals surface area contributed by atoms with Crippen molar-refractivity contribution in [2.24, 2.45) is 5.41 Å². The summed E-state index contributed by atoms with van der Waals surface area (Å²) >= 11 is 1.03. The van der Waals surface area contributed by atoms with E-state index in [4.69, 9.17) is 10.5 Å². The van der Waals surface area contributed by atoms with E-state index in [1.807, 2.05) is 0 Å². The van der Waals surface area contributed by atoms with Crippen LogP contribution in [0.4, 0.5) is 5.82 Å². The summed E-state index contributed by atoms with van der Waals surface area (Å²) in [6.07, 6.45) is 7.45. The minimum Gasteiger partial charge on any atom is -0.790 e. The first-order valence-electron chi connectivity index (χ1n) is 19.4. The number of thioether (sulfide) groups is 1. The fourth-order valence-electron chi connectivity index (χ4n) is 5.60. The van der Waals surface area contributed by atoms with E-state index in [-0.39, 0.29) is 41.6 Å². The second-order valence-electron chi connectivity index (χ2n) is 14.5. The van der Waals surface area contributed by atoms with E-state index in [1.165, 1.54) is 45.6 Å². The van der Waals surface area contributed by atoms with Crippen molar-refractivity contribution in [1.82, 2.24) is 30.2 Å². The van der Waals surface area contributed by atoms with E-state index in [0.29, 0.717) is 5.75 Å². The molecule has 28 heteroatoms. The number of carbonyl (C=O) groups excluding carboxylic acids is 3. The molecule has 1 fully saturated rings. The van der Waals surface area contributed by atoms with Crippen molar-refractivity contribution in [2.45, 2.75) is 103 Å². The monoisotopic (exact) mass is 955 g/mol. The highest BCUT2D eigenvalue weighted by Crippen LogP contribution is 2.56. The summed E-state index contributed by atoms with van der Waals surface area (Å²) in [5.74, 6) is -1.24. The zero-order chi connectivity index (χ0) is 46.1. The van der Waals surface area contributed by atoms with Gasteiger partial charge in [-0.25, -0.2) is 19.3 Å². The van der Waals surface area contributed by atoms with Crippen molar-refractivity contribution in [3.05, 3.63) is 37.0 Å². The first-order chi connectivity index (χ1) is 29.1. The number of nitrogen functional groups attached to an aromatic ring is 1. The fraction of sp³-hybridized carbons (Fsp3) is 0.647. The SMILES string of the molecule is CCCCCC/C=C\CC/C=C/C(=O)SCCNC(=O)CCNC(=O)[C@H](O)C(C)(C)COP(=O)([O-])OP(=O)([O-])OC[C@H]1O[C@@H](n2cnc3c(N)ncnc32)[C@H](O)[C@@H]1OP(=O)([O-])[O-]. The van der Waals surface area contributed by atoms with Gasteiger partial charge in [0.2, 0.25) is 16.9 Å². The molecule has 0 radical (unpaired) electrons. The Morgan fingerprint density at radius 2 is 1.69 bits per heavy atom. The molecule has 1 aliphatic rings. The summed E-state index contributed by atoms with van der Waals surface area (Å²) < 4.78 is 60.7. The Morgan fingerprint density at radius 1 is 1.00 bits per heavy atom. The standard InChI is InChI=1S/C34H56N7O17P3S/c1-4-5-6-7-8-9-10-11-12-13-14-25(43)62-18-17-36-24(42)15-16-37-32(46)29(45)34(2,3)20-55-61(52,53)58-60(50,51)54-19-23-28(57-59(47,48)49)27(44)33(56-23)41-22-40-26-30(35)38-21-39-31(26)41/h9-10,13-14,21-23,27-29,33,44-45H,4-8,11-12,15-20H2,1-3H3,(H,36,42)(H,37,46)(H,50,51)(H,52,53)(H2,35,38,39)(H2,47,48,49)/p-4/b10-9-,14-13+/t23-,27-,28-,29+,33-/m1/s1. The van der Waals surface area contributed by atoms with Gasteiger partial charge < -0.3 is 69.0 Å². The molecule has 0 aliphatic carbocycles. The van der Waals surface area contributed by atoms with Crippen molar-refractivity contribution in [3.63, 3.8) is 0 Å². The lowest BCUT2D eigenvalue weighted by atomic mass is 9.87. The molecule has 2 unspecified atom stereocenters. The molecule has 3 heterocycles. The van der Waals surface area contributed by atoms with Crippen LogP contribution in [0, 0.1) is 5.41 Å². The number of phosphoric ester groups is 3. The predicted octanol–water partition coefficient (Wildman–Crippen LogP) is -0.000300. The van der Waals surface area contributed by atoms with Crippen LogP contribution in [-0.2, 0) is 50.7 Å². The molecule has 62 heavy (non-hydrogen) atoms. The highest BCUT2D eigenvalue weighted by Gasteiger charge is 2.47. The first-order valence-corrected chi connectivity index (χ1v) is 24.7. The molecule has 1 aliphatic heterocycles. The van der Waals surface area contributed by atoms with Gasteiger partial charge >= 0.3 is 0 Å². The Bertz CT molecular complexity index is 2000. The number of rotatable bonds is 28. The van der Waals surface area contributed by atoms with E-state index >= 15 is 0 Å². The number of nitrogens with zero attached hydrogens (tertiary/aromatic N) is 4. The molecule has 6 N–H and O–H groups in total. The third kappa shape index (κ3) is 18.3. The number of aromatic nitrogens is 4. The molecule has 2 aromatic heterocycles. The van der Waals surface area contributed by atoms with Gasteiger partial charge in [-0.15, -0.1) is 0 Å². The number of aliphatic hydroxyl groups is 2. The maximum Gasteiger partial charge on any atom is 0.274 e. The number of anilines is 1. The molecule has 0 aromatic carbocycles. The largest absolute Gasteiger partial charge is 0.790 e. The molecule has 3 rings (SSSR count). The molecule has 0 spiro atoms. The van der Waals surface area contributed by atoms with Crippen LogP contribution in [0.25, 0.3) is 11.2 Å². The van der Waals surface area contributed by atoms with Crippen LogP contribution in [0.2, 0.25) is 0 Å². The van der Waals surface area contributed by atoms with Crippen LogP contribution in [0.5, 0.6) is 0 Å². The second-order valence-corrected chi connectivity index (χ2v) is 19.6. The summed E-state index contributed by atoms with van der Waals surface area (Å²) in [4.78, 5) is 96.4. The predicted molar refractivity (Wildman–Crippen MR) is 214 cm³/mol. The van der Waals surface area contributed by atoms with E-state index in [1.54, 1.807) is 6.08 Å². The lowest BCUT2D eigenvalue weighted by Gasteiger charge is -2.36. The van der Waals surface area contributed by atoms with Crippen LogP contribution in [-0.4, -0.2) is 103 Å². The summed E-state index contributed by atoms with van der Waals surface area (Å²) in [5.41, 5.74) is 4.07. The zero-order valence-corrected chi connectivity index (χ0v) is 37.7. The summed E-state index contributed by atoms with van der Waals surface area (Å²) in [5, 5.41) is 26.2. The Hall–Kier alpha value is -2.96. The molecular formula is C34H52N7O17P3S-4. The lowest BCUT2D eigenvalue weighted by molar-refractivity contribution is -0.347. The molecule has 350 valence electrons. The third-order valence-electron chi connectivity index (χ3n) is 8.87. The summed E-state index contributed by atoms with van der Waals surface area (Å²) in [7, 11) is -17.6. The van der Waals surface area contributed by atoms with Crippen LogP contribution in [0.3, 0.4) is 0 Å². The third-order valence-corrected chi connectivity index (χ3v) is 12.7. The van der Waals surface area contributed by atoms with E-state index in [9.17, 15) is 57.9 Å². The number of hydrogen-bond donors (Lipinski definition) is 5. The number of phosphoric acid groups is 3. The van der Waals surface area contributed by atoms with Crippen molar-refractivity contribution in [1.29, 1.82) is 0 Å². The van der Waals surface area contributed by atoms with E-state index in [2.05, 4.69) is 62.5 Å². The molecular weight excluding hydrogens is 903 g/mol. The van der Waals surface area contributed by atoms with Crippen LogP contribution >= 0.6 is 35.2 Å². The lowest BCUT2D eigenvalue weighted by Crippen LogP contribution is -2.46. The molecule has 2 aromatic rings. The number of carbonyl (C=O) groups is 3. The van der Waals surface area contributed by atoms with Crippen molar-refractivity contribution < 1.29 is 80.5 Å². The van der Waals surface area contributed by atoms with E-state index in [0.717, 1.165) is 48.2 Å². The number of imidazole rings is 1. The van der Waals surface area contributed by atoms with Crippen LogP contribution in [0.1, 0.15) is 78.4 Å². The molecule has 0 saturated carbocycles. The number of nitrogens with one attached hydrogen (secondary N) is 2. The van der Waals surface area contributed by atoms with Gasteiger partial charge in [-0.1, -0.05) is 70.0 Å². The molecule has 2 amide bonds. The average molecular weight is 956 g/mol. The van der Waals surface area contributed by atoms with E-state index < -0.39 is 84.6 Å². The van der Waals surface area contributed by atoms with Crippen molar-refractivity contribution in [3.8, 4) is 0 Å². The maximum atomic E-state index is 12.6. The normalized spacial score (nSPS) is 21.0. The topological polar surface area (TPSA) is 375 Å². The Kier molecular flexibility index (Phi) is 21.5. The molecule has 1 saturated heterocycles. The number of ether oxygens (including phenoxy) is 1. The number of allylic oxidation sites excluding steroid dienone is 3. The Balaban J connectivity index is 1.39. The number of fused-ring (bicyclic) bond motifs is 1. The van der Waals surface area contributed by atoms with Gasteiger partial charge in [-0.3, -0.25) is 28.1 Å². The quantitative estimate of drug-likeness (QED) is 0.0324. The minimum absolute atomic E-state index is 0.0212. The van der Waals surface area contributed by atoms with Gasteiger partial charge in [-0.05, 0) is 31.8 Å². The highest BCUT2D eigenvalue weighted by molar-refractivity contribution is 8.14. The molecule has 7 atom stereocenters. The summed E-state index contributed by atoms with van der Waals surface area (Å²) in [6.45, 7) is 2.26. The van der Waals surface area contributed by atoms with Gasteiger partial charge in [-0.2, -0.15) is 0 Å². The zero-order valence-electron chi connectivity index (χ0n) is 34.2. The van der Waals surface area contributed by atoms with Crippen molar-refractivity contribution in [2.75, 3.05) is 37.8 Å². The second kappa shape index (κ2) is 24.9. The van der Waals surface area contributed by atoms with Crippen LogP contribution in [0.15, 0.2) is 37.0 Å². The highest BCUT2D eigenvalue weighted by atomic mass is 32.2. The van der Waals surface area contributed by atoms with Gasteiger partial charge in [0.15, 0.2) is 17.7 Å². The van der Waals surface area contributed by atoms with Crippen LogP contribution < -0.4 is 35.9 Å².